The summed E-state index contributed by atoms with van der Waals surface area (Å²) < 4.78 is 0. The minimum absolute atomic E-state index is 0.209. The van der Waals surface area contributed by atoms with Crippen molar-refractivity contribution in [3.05, 3.63) is 0 Å². The number of nitrogens with two attached hydrogens (primary N) is 1. The highest BCUT2D eigenvalue weighted by molar-refractivity contribution is 4.68. The van der Waals surface area contributed by atoms with E-state index in [4.69, 9.17) is 5.73 Å². The van der Waals surface area contributed by atoms with Gasteiger partial charge in [-0.05, 0) is 6.92 Å². The molecule has 1 rings (SSSR count). The topological polar surface area (TPSA) is 43.4 Å². The Hall–Kier alpha value is -0.120. The van der Waals surface area contributed by atoms with Gasteiger partial charge >= 0.3 is 0 Å². The van der Waals surface area contributed by atoms with E-state index >= 15 is 0 Å². The van der Waals surface area contributed by atoms with Gasteiger partial charge < -0.3 is 5.73 Å². The molecule has 3 heteroatoms. The molecule has 0 aromatic carbocycles. The van der Waals surface area contributed by atoms with Crippen LogP contribution in [0.3, 0.4) is 0 Å². The summed E-state index contributed by atoms with van der Waals surface area (Å²) in [4.78, 5) is 2.24. The van der Waals surface area contributed by atoms with Crippen molar-refractivity contribution >= 4 is 0 Å². The molecule has 1 fully saturated rings. The molecule has 0 aromatic heterocycles. The molecular weight excluding hydrogens is 114 g/mol. The summed E-state index contributed by atoms with van der Waals surface area (Å²) in [6.07, 6.45) is 0.209. The number of piperazine rings is 1. The van der Waals surface area contributed by atoms with Crippen LogP contribution in [0.2, 0.25) is 0 Å². The van der Waals surface area contributed by atoms with Gasteiger partial charge in [-0.25, -0.2) is 5.32 Å². The van der Waals surface area contributed by atoms with E-state index in [0.29, 0.717) is 0 Å². The first-order valence-corrected chi connectivity index (χ1v) is 3.43. The largest absolute Gasteiger partial charge is 0.316 e. The highest BCUT2D eigenvalue weighted by atomic mass is 15.2. The molecule has 1 radical (unpaired) electrons. The molecule has 1 heterocycles. The molecule has 53 valence electrons. The second-order valence-electron chi connectivity index (χ2n) is 2.45. The number of hydrogen-bond donors (Lipinski definition) is 1. The van der Waals surface area contributed by atoms with E-state index in [1.807, 2.05) is 6.92 Å². The van der Waals surface area contributed by atoms with Gasteiger partial charge in [0.15, 0.2) is 0 Å². The van der Waals surface area contributed by atoms with Crippen LogP contribution in [0.4, 0.5) is 0 Å². The van der Waals surface area contributed by atoms with Crippen LogP contribution in [0.15, 0.2) is 0 Å². The van der Waals surface area contributed by atoms with Gasteiger partial charge in [0.05, 0.1) is 6.17 Å². The molecule has 0 amide bonds. The highest BCUT2D eigenvalue weighted by Crippen LogP contribution is 1.94. The minimum Gasteiger partial charge on any atom is -0.316 e. The third kappa shape index (κ3) is 1.93. The standard InChI is InChI=1S/C6H14N3/c1-6(7)9-4-2-8-3-5-9/h6H,2-5,7H2,1H3. The third-order valence-corrected chi connectivity index (χ3v) is 1.67. The molecule has 0 bridgehead atoms. The van der Waals surface area contributed by atoms with E-state index in [1.165, 1.54) is 0 Å². The molecule has 0 aliphatic carbocycles. The van der Waals surface area contributed by atoms with Crippen LogP contribution in [-0.4, -0.2) is 37.2 Å². The van der Waals surface area contributed by atoms with E-state index in [-0.39, 0.29) is 6.17 Å². The van der Waals surface area contributed by atoms with Gasteiger partial charge in [-0.2, -0.15) is 0 Å². The molecule has 1 unspecified atom stereocenters. The Morgan fingerprint density at radius 2 is 2.00 bits per heavy atom. The van der Waals surface area contributed by atoms with Crippen molar-refractivity contribution < 1.29 is 0 Å². The summed E-state index contributed by atoms with van der Waals surface area (Å²) in [5.41, 5.74) is 5.65. The lowest BCUT2D eigenvalue weighted by atomic mass is 10.3. The molecule has 0 spiro atoms. The maximum atomic E-state index is 5.65. The molecule has 9 heavy (non-hydrogen) atoms. The number of nitrogens with zero attached hydrogens (tertiary/aromatic N) is 2. The number of rotatable bonds is 1. The summed E-state index contributed by atoms with van der Waals surface area (Å²) in [5.74, 6) is 0. The average Bonchev–Trinajstić information content (AvgIpc) is 1.90. The zero-order valence-corrected chi connectivity index (χ0v) is 5.88. The molecule has 3 nitrogen and oxygen atoms in total. The first-order valence-electron chi connectivity index (χ1n) is 3.43. The molecular formula is C6H14N3. The Bertz CT molecular complexity index is 76.4. The van der Waals surface area contributed by atoms with Crippen LogP contribution in [0, 0.1) is 0 Å². The summed E-state index contributed by atoms with van der Waals surface area (Å²) >= 11 is 0. The predicted molar refractivity (Wildman–Crippen MR) is 37.1 cm³/mol. The van der Waals surface area contributed by atoms with Gasteiger partial charge in [0.2, 0.25) is 0 Å². The summed E-state index contributed by atoms with van der Waals surface area (Å²) in [6.45, 7) is 6.02. The first-order chi connectivity index (χ1) is 4.30. The van der Waals surface area contributed by atoms with Crippen molar-refractivity contribution in [1.82, 2.24) is 10.2 Å². The van der Waals surface area contributed by atoms with Crippen molar-refractivity contribution in [2.45, 2.75) is 13.1 Å². The maximum absolute atomic E-state index is 5.65. The lowest BCUT2D eigenvalue weighted by molar-refractivity contribution is 0.186. The second kappa shape index (κ2) is 3.15. The van der Waals surface area contributed by atoms with Gasteiger partial charge in [0.1, 0.15) is 0 Å². The van der Waals surface area contributed by atoms with Gasteiger partial charge in [0.25, 0.3) is 0 Å². The fraction of sp³-hybridized carbons (Fsp3) is 1.00. The fourth-order valence-corrected chi connectivity index (χ4v) is 1.03. The normalized spacial score (nSPS) is 26.0. The van der Waals surface area contributed by atoms with E-state index < -0.39 is 0 Å². The van der Waals surface area contributed by atoms with Crippen LogP contribution in [-0.2, 0) is 0 Å². The molecule has 1 atom stereocenters. The summed E-state index contributed by atoms with van der Waals surface area (Å²) in [6, 6.07) is 0. The first kappa shape index (κ1) is 6.99. The number of hydrogen-bond acceptors (Lipinski definition) is 2. The van der Waals surface area contributed by atoms with Crippen molar-refractivity contribution in [1.29, 1.82) is 0 Å². The van der Waals surface area contributed by atoms with Crippen molar-refractivity contribution in [3.8, 4) is 0 Å². The van der Waals surface area contributed by atoms with Crippen molar-refractivity contribution in [2.24, 2.45) is 5.73 Å². The van der Waals surface area contributed by atoms with Gasteiger partial charge in [-0.3, -0.25) is 4.90 Å². The van der Waals surface area contributed by atoms with Crippen LogP contribution >= 0.6 is 0 Å². The van der Waals surface area contributed by atoms with Gasteiger partial charge in [-0.1, -0.05) is 0 Å². The lowest BCUT2D eigenvalue weighted by Crippen LogP contribution is -2.48. The van der Waals surface area contributed by atoms with Crippen LogP contribution in [0.5, 0.6) is 0 Å². The molecule has 2 N–H and O–H groups in total. The Kier molecular flexibility index (Phi) is 2.45. The predicted octanol–water partition coefficient (Wildman–Crippen LogP) is -0.789. The SMILES string of the molecule is CC(N)N1CC[N]CC1. The molecule has 0 aromatic rings. The molecule has 1 saturated heterocycles. The van der Waals surface area contributed by atoms with Crippen molar-refractivity contribution in [3.63, 3.8) is 0 Å². The van der Waals surface area contributed by atoms with Crippen molar-refractivity contribution in [2.75, 3.05) is 26.2 Å². The van der Waals surface area contributed by atoms with Crippen LogP contribution in [0.1, 0.15) is 6.92 Å². The Morgan fingerprint density at radius 1 is 1.44 bits per heavy atom. The van der Waals surface area contributed by atoms with E-state index in [9.17, 15) is 0 Å². The minimum atomic E-state index is 0.209. The van der Waals surface area contributed by atoms with Crippen LogP contribution < -0.4 is 11.1 Å². The fourth-order valence-electron chi connectivity index (χ4n) is 1.03. The summed E-state index contributed by atoms with van der Waals surface area (Å²) in [7, 11) is 0. The monoisotopic (exact) mass is 128 g/mol. The Balaban J connectivity index is 2.23. The Morgan fingerprint density at radius 3 is 2.33 bits per heavy atom. The average molecular weight is 128 g/mol. The van der Waals surface area contributed by atoms with E-state index in [0.717, 1.165) is 26.2 Å². The highest BCUT2D eigenvalue weighted by Gasteiger charge is 2.12. The molecule has 0 saturated carbocycles. The lowest BCUT2D eigenvalue weighted by Gasteiger charge is -2.29. The van der Waals surface area contributed by atoms with Crippen LogP contribution in [0.25, 0.3) is 0 Å². The molecule has 1 aliphatic heterocycles. The van der Waals surface area contributed by atoms with E-state index in [2.05, 4.69) is 10.2 Å². The third-order valence-electron chi connectivity index (χ3n) is 1.67. The van der Waals surface area contributed by atoms with Gasteiger partial charge in [-0.15, -0.1) is 0 Å². The van der Waals surface area contributed by atoms with Gasteiger partial charge in [0, 0.05) is 26.2 Å². The molecule has 1 aliphatic rings. The maximum Gasteiger partial charge on any atom is 0.0543 e. The second-order valence-corrected chi connectivity index (χ2v) is 2.45. The van der Waals surface area contributed by atoms with E-state index in [1.54, 1.807) is 0 Å². The quantitative estimate of drug-likeness (QED) is 0.503. The Labute approximate surface area is 56.2 Å². The summed E-state index contributed by atoms with van der Waals surface area (Å²) in [5, 5.41) is 4.21. The zero-order chi connectivity index (χ0) is 6.69. The smallest absolute Gasteiger partial charge is 0.0543 e. The zero-order valence-electron chi connectivity index (χ0n) is 5.88.